The van der Waals surface area contributed by atoms with E-state index in [0.717, 1.165) is 18.4 Å². The number of halogens is 1. The Hall–Kier alpha value is -2.57. The van der Waals surface area contributed by atoms with E-state index >= 15 is 0 Å². The van der Waals surface area contributed by atoms with Crippen molar-refractivity contribution in [3.05, 3.63) is 64.7 Å². The Morgan fingerprint density at radius 1 is 1.13 bits per heavy atom. The maximum atomic E-state index is 12.7. The van der Waals surface area contributed by atoms with Crippen molar-refractivity contribution >= 4 is 29.3 Å². The summed E-state index contributed by atoms with van der Waals surface area (Å²) in [6, 6.07) is 14.4. The third kappa shape index (κ3) is 4.70. The molecule has 2 aromatic rings. The Labute approximate surface area is 187 Å². The minimum absolute atomic E-state index is 0.0506. The lowest BCUT2D eigenvalue weighted by Crippen LogP contribution is -2.62. The number of carbonyl (C=O) groups excluding carboxylic acids is 2. The summed E-state index contributed by atoms with van der Waals surface area (Å²) in [6.07, 6.45) is 1.42. The number of benzene rings is 2. The van der Waals surface area contributed by atoms with E-state index in [1.165, 1.54) is 0 Å². The molecule has 31 heavy (non-hydrogen) atoms. The van der Waals surface area contributed by atoms with Gasteiger partial charge in [-0.15, -0.1) is 0 Å². The Bertz CT molecular complexity index is 959. The van der Waals surface area contributed by atoms with Crippen LogP contribution in [-0.2, 0) is 15.1 Å². The van der Waals surface area contributed by atoms with Gasteiger partial charge in [0.2, 0.25) is 0 Å². The summed E-state index contributed by atoms with van der Waals surface area (Å²) >= 11 is 5.88. The molecule has 2 bridgehead atoms. The molecule has 3 aliphatic heterocycles. The Morgan fingerprint density at radius 3 is 2.39 bits per heavy atom. The van der Waals surface area contributed by atoms with Gasteiger partial charge in [0.1, 0.15) is 11.2 Å². The molecule has 0 aromatic heterocycles. The molecular weight excluding hydrogens is 416 g/mol. The van der Waals surface area contributed by atoms with E-state index in [4.69, 9.17) is 21.1 Å². The second kappa shape index (κ2) is 8.17. The SMILES string of the molecule is CC(C)(C)OC(=O)N1CC2(c3ccc(NC(=O)c4ccc(Cl)cc4)cc3)CCC1CO2. The van der Waals surface area contributed by atoms with Crippen LogP contribution in [0.15, 0.2) is 48.5 Å². The number of nitrogens with zero attached hydrogens (tertiary/aromatic N) is 1. The molecule has 0 aliphatic carbocycles. The van der Waals surface area contributed by atoms with E-state index in [0.29, 0.717) is 29.4 Å². The molecular formula is C24H27ClN2O4. The van der Waals surface area contributed by atoms with Crippen LogP contribution in [-0.4, -0.2) is 41.7 Å². The zero-order chi connectivity index (χ0) is 22.2. The first-order valence-corrected chi connectivity index (χ1v) is 10.8. The zero-order valence-corrected chi connectivity index (χ0v) is 18.7. The van der Waals surface area contributed by atoms with Crippen LogP contribution in [0.25, 0.3) is 0 Å². The summed E-state index contributed by atoms with van der Waals surface area (Å²) in [5.41, 5.74) is 1.13. The van der Waals surface area contributed by atoms with Crippen molar-refractivity contribution in [2.24, 2.45) is 0 Å². The van der Waals surface area contributed by atoms with Gasteiger partial charge in [-0.2, -0.15) is 0 Å². The van der Waals surface area contributed by atoms with E-state index in [1.807, 2.05) is 45.0 Å². The van der Waals surface area contributed by atoms with Gasteiger partial charge in [0.15, 0.2) is 0 Å². The van der Waals surface area contributed by atoms with Crippen LogP contribution in [0.1, 0.15) is 49.5 Å². The molecule has 0 spiro atoms. The van der Waals surface area contributed by atoms with Gasteiger partial charge in [-0.1, -0.05) is 23.7 Å². The van der Waals surface area contributed by atoms with Crippen molar-refractivity contribution in [2.75, 3.05) is 18.5 Å². The van der Waals surface area contributed by atoms with Crippen molar-refractivity contribution in [1.29, 1.82) is 0 Å². The second-order valence-electron chi connectivity index (χ2n) is 9.14. The standard InChI is InChI=1S/C24H27ClN2O4/c1-23(2,3)31-22(29)27-15-24(13-12-20(27)14-30-24)17-6-10-19(11-7-17)26-21(28)16-4-8-18(25)9-5-16/h4-11,20H,12-15H2,1-3H3,(H,26,28). The van der Waals surface area contributed by atoms with Crippen LogP contribution in [0.2, 0.25) is 5.02 Å². The number of piperidine rings is 1. The number of morpholine rings is 1. The van der Waals surface area contributed by atoms with Crippen LogP contribution in [0.4, 0.5) is 10.5 Å². The maximum absolute atomic E-state index is 12.7. The van der Waals surface area contributed by atoms with Gasteiger partial charge in [-0.25, -0.2) is 4.79 Å². The maximum Gasteiger partial charge on any atom is 0.410 e. The summed E-state index contributed by atoms with van der Waals surface area (Å²) in [5.74, 6) is -0.201. The number of fused-ring (bicyclic) bond motifs is 3. The molecule has 0 radical (unpaired) electrons. The smallest absolute Gasteiger partial charge is 0.410 e. The predicted octanol–water partition coefficient (Wildman–Crippen LogP) is 5.22. The van der Waals surface area contributed by atoms with E-state index < -0.39 is 11.2 Å². The Balaban J connectivity index is 1.47. The number of amides is 2. The molecule has 164 valence electrons. The average molecular weight is 443 g/mol. The highest BCUT2D eigenvalue weighted by Crippen LogP contribution is 2.43. The van der Waals surface area contributed by atoms with Crippen LogP contribution >= 0.6 is 11.6 Å². The van der Waals surface area contributed by atoms with Crippen LogP contribution in [0, 0.1) is 0 Å². The van der Waals surface area contributed by atoms with E-state index in [9.17, 15) is 9.59 Å². The fourth-order valence-corrected chi connectivity index (χ4v) is 4.23. The first kappa shape index (κ1) is 21.7. The van der Waals surface area contributed by atoms with Gasteiger partial charge in [0.25, 0.3) is 5.91 Å². The molecule has 7 heteroatoms. The Morgan fingerprint density at radius 2 is 1.81 bits per heavy atom. The molecule has 2 unspecified atom stereocenters. The number of hydrogen-bond acceptors (Lipinski definition) is 4. The fraction of sp³-hybridized carbons (Fsp3) is 0.417. The molecule has 3 heterocycles. The van der Waals surface area contributed by atoms with Crippen molar-refractivity contribution < 1.29 is 19.1 Å². The molecule has 3 fully saturated rings. The third-order valence-electron chi connectivity index (χ3n) is 5.70. The molecule has 2 atom stereocenters. The first-order chi connectivity index (χ1) is 14.7. The third-order valence-corrected chi connectivity index (χ3v) is 5.96. The summed E-state index contributed by atoms with van der Waals surface area (Å²) in [7, 11) is 0. The van der Waals surface area contributed by atoms with Crippen LogP contribution in [0.5, 0.6) is 0 Å². The van der Waals surface area contributed by atoms with Gasteiger partial charge in [0.05, 0.1) is 19.2 Å². The summed E-state index contributed by atoms with van der Waals surface area (Å²) < 4.78 is 11.8. The molecule has 1 N–H and O–H groups in total. The topological polar surface area (TPSA) is 67.9 Å². The molecule has 3 saturated heterocycles. The van der Waals surface area contributed by atoms with Crippen molar-refractivity contribution in [2.45, 2.75) is 50.9 Å². The number of nitrogens with one attached hydrogen (secondary N) is 1. The molecule has 6 nitrogen and oxygen atoms in total. The lowest BCUT2D eigenvalue weighted by atomic mass is 9.80. The quantitative estimate of drug-likeness (QED) is 0.707. The van der Waals surface area contributed by atoms with E-state index in [2.05, 4.69) is 5.32 Å². The highest BCUT2D eigenvalue weighted by Gasteiger charge is 2.49. The van der Waals surface area contributed by atoms with Gasteiger partial charge in [-0.05, 0) is 75.6 Å². The normalized spacial score (nSPS) is 22.8. The predicted molar refractivity (Wildman–Crippen MR) is 119 cm³/mol. The van der Waals surface area contributed by atoms with E-state index in [-0.39, 0.29) is 18.0 Å². The van der Waals surface area contributed by atoms with Gasteiger partial charge >= 0.3 is 6.09 Å². The summed E-state index contributed by atoms with van der Waals surface area (Å²) in [5, 5.41) is 3.48. The van der Waals surface area contributed by atoms with Gasteiger partial charge in [0, 0.05) is 16.3 Å². The van der Waals surface area contributed by atoms with Gasteiger partial charge in [-0.3, -0.25) is 9.69 Å². The molecule has 2 amide bonds. The number of anilines is 1. The van der Waals surface area contributed by atoms with Crippen LogP contribution < -0.4 is 5.32 Å². The van der Waals surface area contributed by atoms with Crippen molar-refractivity contribution in [3.8, 4) is 0 Å². The number of carbonyl (C=O) groups is 2. The van der Waals surface area contributed by atoms with Crippen LogP contribution in [0.3, 0.4) is 0 Å². The Kier molecular flexibility index (Phi) is 5.71. The monoisotopic (exact) mass is 442 g/mol. The highest BCUT2D eigenvalue weighted by atomic mass is 35.5. The minimum Gasteiger partial charge on any atom is -0.444 e. The highest BCUT2D eigenvalue weighted by molar-refractivity contribution is 6.30. The van der Waals surface area contributed by atoms with E-state index in [1.54, 1.807) is 29.2 Å². The summed E-state index contributed by atoms with van der Waals surface area (Å²) in [6.45, 7) is 6.57. The molecule has 5 rings (SSSR count). The molecule has 2 aromatic carbocycles. The lowest BCUT2D eigenvalue weighted by Gasteiger charge is -2.52. The largest absolute Gasteiger partial charge is 0.444 e. The van der Waals surface area contributed by atoms with Crippen molar-refractivity contribution in [3.63, 3.8) is 0 Å². The molecule has 3 aliphatic rings. The number of rotatable bonds is 3. The number of hydrogen-bond donors (Lipinski definition) is 1. The first-order valence-electron chi connectivity index (χ1n) is 10.5. The average Bonchev–Trinajstić information content (AvgIpc) is 2.74. The van der Waals surface area contributed by atoms with Crippen molar-refractivity contribution in [1.82, 2.24) is 4.90 Å². The zero-order valence-electron chi connectivity index (χ0n) is 18.0. The number of ether oxygens (including phenoxy) is 2. The fourth-order valence-electron chi connectivity index (χ4n) is 4.10. The molecule has 0 saturated carbocycles. The minimum atomic E-state index is -0.551. The summed E-state index contributed by atoms with van der Waals surface area (Å²) in [4.78, 5) is 26.9. The second-order valence-corrected chi connectivity index (χ2v) is 9.58. The lowest BCUT2D eigenvalue weighted by molar-refractivity contribution is -0.175. The van der Waals surface area contributed by atoms with Gasteiger partial charge < -0.3 is 14.8 Å².